The summed E-state index contributed by atoms with van der Waals surface area (Å²) in [5, 5.41) is 45.8. The van der Waals surface area contributed by atoms with Crippen molar-refractivity contribution in [1.29, 1.82) is 0 Å². The first-order chi connectivity index (χ1) is 20.7. The number of hydrogen-bond acceptors (Lipinski definition) is 11. The van der Waals surface area contributed by atoms with E-state index in [2.05, 4.69) is 41.5 Å². The Balaban J connectivity index is 0.00000135. The first-order valence-electron chi connectivity index (χ1n) is 15.7. The van der Waals surface area contributed by atoms with Gasteiger partial charge in [0.2, 0.25) is 5.91 Å². The minimum absolute atomic E-state index is 0.171. The van der Waals surface area contributed by atoms with Crippen LogP contribution in [0.1, 0.15) is 39.5 Å². The fourth-order valence-electron chi connectivity index (χ4n) is 7.08. The van der Waals surface area contributed by atoms with Crippen LogP contribution in [0.15, 0.2) is 12.2 Å². The van der Waals surface area contributed by atoms with E-state index in [1.165, 1.54) is 18.2 Å². The summed E-state index contributed by atoms with van der Waals surface area (Å²) in [6.45, 7) is 9.77. The maximum atomic E-state index is 13.7. The second kappa shape index (κ2) is 16.9. The topological polar surface area (TPSA) is 170 Å². The van der Waals surface area contributed by atoms with E-state index in [1.54, 1.807) is 0 Å². The molecule has 13 heteroatoms. The van der Waals surface area contributed by atoms with E-state index in [-0.39, 0.29) is 24.4 Å². The van der Waals surface area contributed by atoms with E-state index in [1.807, 2.05) is 0 Å². The number of thioether (sulfide) groups is 1. The SMILES string of the molecule is CC(C)C[C@@H]1CCO[C@@H]2[C@H](CN[C@@H]2C(=O)N[C@@H]2C/C=C/C(CN3CCOCC3)CS[C@H]3O[C@H]2[C@H](O)[C@H](O)[C@H]3O)C1.O=CO. The van der Waals surface area contributed by atoms with E-state index in [9.17, 15) is 20.1 Å². The van der Waals surface area contributed by atoms with Crippen LogP contribution in [0.25, 0.3) is 0 Å². The molecule has 11 atom stereocenters. The molecule has 246 valence electrons. The van der Waals surface area contributed by atoms with Crippen LogP contribution in [0.4, 0.5) is 0 Å². The Hall–Kier alpha value is -1.29. The molecule has 43 heavy (non-hydrogen) atoms. The highest BCUT2D eigenvalue weighted by Gasteiger charge is 2.49. The van der Waals surface area contributed by atoms with Gasteiger partial charge in [-0.25, -0.2) is 0 Å². The van der Waals surface area contributed by atoms with Gasteiger partial charge in [0, 0.05) is 38.5 Å². The Morgan fingerprint density at radius 3 is 2.60 bits per heavy atom. The van der Waals surface area contributed by atoms with Crippen molar-refractivity contribution in [1.82, 2.24) is 15.5 Å². The van der Waals surface area contributed by atoms with Gasteiger partial charge in [0.1, 0.15) is 35.9 Å². The standard InChI is InChI=1S/C29H49N3O7S.CH2O2/c1-17(2)12-18-6-9-38-26-20(13-18)14-30-22(26)28(36)31-21-5-3-4-19(15-32-7-10-37-11-8-32)16-40-29-25(35)23(33)24(34)27(21)39-29;2-1-3/h3-4,17-27,29-30,33-35H,5-16H2,1-2H3,(H,31,36);1H,(H,2,3)/b4-3+;/t18-,19?,20-,21+,22-,23-,24+,25+,26+,27+,29+;/m0./s1. The summed E-state index contributed by atoms with van der Waals surface area (Å²) in [5.74, 6) is 2.30. The van der Waals surface area contributed by atoms with Crippen molar-refractivity contribution in [2.45, 2.75) is 87.6 Å². The number of hydrogen-bond donors (Lipinski definition) is 6. The highest BCUT2D eigenvalue weighted by atomic mass is 32.2. The number of ether oxygens (including phenoxy) is 3. The van der Waals surface area contributed by atoms with Crippen molar-refractivity contribution in [3.8, 4) is 0 Å². The smallest absolute Gasteiger partial charge is 0.290 e. The number of fused-ring (bicyclic) bond motifs is 3. The lowest BCUT2D eigenvalue weighted by Crippen LogP contribution is -2.64. The van der Waals surface area contributed by atoms with Gasteiger partial charge in [-0.2, -0.15) is 0 Å². The number of rotatable bonds is 6. The van der Waals surface area contributed by atoms with E-state index in [0.29, 0.717) is 36.5 Å². The predicted octanol–water partition coefficient (Wildman–Crippen LogP) is 0.0504. The number of nitrogens with zero attached hydrogens (tertiary/aromatic N) is 1. The molecule has 0 radical (unpaired) electrons. The van der Waals surface area contributed by atoms with Gasteiger partial charge in [0.15, 0.2) is 0 Å². The summed E-state index contributed by atoms with van der Waals surface area (Å²) in [7, 11) is 0. The van der Waals surface area contributed by atoms with E-state index >= 15 is 0 Å². The fraction of sp³-hybridized carbons (Fsp3) is 0.867. The summed E-state index contributed by atoms with van der Waals surface area (Å²) in [4.78, 5) is 24.4. The normalized spacial score (nSPS) is 41.2. The molecule has 5 rings (SSSR count). The zero-order valence-electron chi connectivity index (χ0n) is 25.3. The maximum absolute atomic E-state index is 13.7. The number of aliphatic hydroxyl groups is 3. The minimum atomic E-state index is -1.35. The fourth-order valence-corrected chi connectivity index (χ4v) is 8.30. The monoisotopic (exact) mass is 629 g/mol. The van der Waals surface area contributed by atoms with Crippen molar-refractivity contribution in [2.75, 3.05) is 51.8 Å². The molecule has 5 aliphatic rings. The van der Waals surface area contributed by atoms with Crippen LogP contribution < -0.4 is 10.6 Å². The molecular weight excluding hydrogens is 578 g/mol. The zero-order valence-corrected chi connectivity index (χ0v) is 26.1. The second-order valence-electron chi connectivity index (χ2n) is 12.8. The van der Waals surface area contributed by atoms with Gasteiger partial charge < -0.3 is 45.3 Å². The third kappa shape index (κ3) is 9.36. The third-order valence-electron chi connectivity index (χ3n) is 9.15. The summed E-state index contributed by atoms with van der Waals surface area (Å²) < 4.78 is 18.0. The van der Waals surface area contributed by atoms with Gasteiger partial charge in [-0.15, -0.1) is 11.8 Å². The summed E-state index contributed by atoms with van der Waals surface area (Å²) in [6, 6.07) is -1.04. The molecule has 0 aromatic heterocycles. The quantitative estimate of drug-likeness (QED) is 0.173. The van der Waals surface area contributed by atoms with E-state index in [0.717, 1.165) is 52.2 Å². The lowest BCUT2D eigenvalue weighted by atomic mass is 9.85. The number of amides is 1. The van der Waals surface area contributed by atoms with Crippen molar-refractivity contribution in [3.63, 3.8) is 0 Å². The maximum Gasteiger partial charge on any atom is 0.290 e. The van der Waals surface area contributed by atoms with Crippen molar-refractivity contribution in [3.05, 3.63) is 12.2 Å². The molecule has 0 spiro atoms. The molecule has 1 unspecified atom stereocenters. The van der Waals surface area contributed by atoms with E-state index < -0.39 is 41.9 Å². The molecular formula is C30H51N3O9S. The highest BCUT2D eigenvalue weighted by molar-refractivity contribution is 7.99. The van der Waals surface area contributed by atoms with Gasteiger partial charge in [0.25, 0.3) is 6.47 Å². The summed E-state index contributed by atoms with van der Waals surface area (Å²) in [5.41, 5.74) is -0.696. The van der Waals surface area contributed by atoms with Crippen LogP contribution in [0, 0.1) is 23.7 Å². The molecule has 6 N–H and O–H groups in total. The van der Waals surface area contributed by atoms with Gasteiger partial charge in [-0.05, 0) is 49.4 Å². The van der Waals surface area contributed by atoms with Gasteiger partial charge in [-0.3, -0.25) is 14.5 Å². The molecule has 1 amide bonds. The minimum Gasteiger partial charge on any atom is -0.483 e. The summed E-state index contributed by atoms with van der Waals surface area (Å²) >= 11 is 1.46. The summed E-state index contributed by atoms with van der Waals surface area (Å²) in [6.07, 6.45) is 3.05. The lowest BCUT2D eigenvalue weighted by molar-refractivity contribution is -0.205. The first-order valence-corrected chi connectivity index (χ1v) is 16.8. The van der Waals surface area contributed by atoms with Crippen LogP contribution in [0.2, 0.25) is 0 Å². The average Bonchev–Trinajstić information content (AvgIpc) is 3.27. The molecule has 0 aliphatic carbocycles. The molecule has 0 aromatic carbocycles. The number of carbonyl (C=O) groups is 2. The number of carboxylic acid groups (broad SMARTS) is 1. The Kier molecular flexibility index (Phi) is 13.6. The first kappa shape index (κ1) is 34.6. The molecule has 0 saturated carbocycles. The second-order valence-corrected chi connectivity index (χ2v) is 14.0. The zero-order chi connectivity index (χ0) is 30.9. The highest BCUT2D eigenvalue weighted by Crippen LogP contribution is 2.35. The van der Waals surface area contributed by atoms with Crippen LogP contribution in [-0.4, -0.2) is 137 Å². The van der Waals surface area contributed by atoms with Gasteiger partial charge in [0.05, 0.1) is 25.4 Å². The molecule has 12 nitrogen and oxygen atoms in total. The lowest BCUT2D eigenvalue weighted by Gasteiger charge is -2.44. The Morgan fingerprint density at radius 2 is 1.88 bits per heavy atom. The third-order valence-corrected chi connectivity index (χ3v) is 10.5. The van der Waals surface area contributed by atoms with Gasteiger partial charge >= 0.3 is 0 Å². The molecule has 5 heterocycles. The van der Waals surface area contributed by atoms with E-state index in [4.69, 9.17) is 24.1 Å². The number of nitrogens with one attached hydrogen (secondary N) is 2. The van der Waals surface area contributed by atoms with Crippen LogP contribution in [-0.2, 0) is 23.8 Å². The Morgan fingerprint density at radius 1 is 1.14 bits per heavy atom. The Bertz CT molecular complexity index is 908. The number of morpholine rings is 1. The van der Waals surface area contributed by atoms with Crippen LogP contribution in [0.5, 0.6) is 0 Å². The van der Waals surface area contributed by atoms with Crippen molar-refractivity contribution < 1.29 is 44.2 Å². The number of carbonyl (C=O) groups excluding carboxylic acids is 1. The average molecular weight is 630 g/mol. The largest absolute Gasteiger partial charge is 0.483 e. The van der Waals surface area contributed by atoms with Crippen LogP contribution in [0.3, 0.4) is 0 Å². The number of aliphatic hydroxyl groups excluding tert-OH is 3. The molecule has 0 aromatic rings. The van der Waals surface area contributed by atoms with Crippen molar-refractivity contribution >= 4 is 24.1 Å². The molecule has 4 saturated heterocycles. The molecule has 4 fully saturated rings. The Labute approximate surface area is 258 Å². The molecule has 2 bridgehead atoms. The van der Waals surface area contributed by atoms with Gasteiger partial charge in [-0.1, -0.05) is 26.0 Å². The van der Waals surface area contributed by atoms with Crippen LogP contribution >= 0.6 is 11.8 Å². The predicted molar refractivity (Wildman–Crippen MR) is 161 cm³/mol. The molecule has 5 aliphatic heterocycles. The van der Waals surface area contributed by atoms with Crippen molar-refractivity contribution in [2.24, 2.45) is 23.7 Å².